The second kappa shape index (κ2) is 8.54. The van der Waals surface area contributed by atoms with Gasteiger partial charge in [-0.3, -0.25) is 9.69 Å². The highest BCUT2D eigenvalue weighted by atomic mass is 16.2. The van der Waals surface area contributed by atoms with E-state index in [1.54, 1.807) is 0 Å². The van der Waals surface area contributed by atoms with Crippen molar-refractivity contribution < 1.29 is 4.79 Å². The second-order valence-electron chi connectivity index (χ2n) is 6.49. The molecule has 0 aromatic rings. The summed E-state index contributed by atoms with van der Waals surface area (Å²) in [6, 6.07) is 0. The summed E-state index contributed by atoms with van der Waals surface area (Å²) in [5.41, 5.74) is 1.22. The lowest BCUT2D eigenvalue weighted by atomic mass is 9.99. The number of piperidine rings is 1. The summed E-state index contributed by atoms with van der Waals surface area (Å²) >= 11 is 0. The quantitative estimate of drug-likeness (QED) is 0.782. The predicted molar refractivity (Wildman–Crippen MR) is 87.0 cm³/mol. The molecule has 1 amide bonds. The van der Waals surface area contributed by atoms with E-state index in [-0.39, 0.29) is 5.91 Å². The maximum absolute atomic E-state index is 12.5. The van der Waals surface area contributed by atoms with Gasteiger partial charge in [-0.05, 0) is 64.1 Å². The predicted octanol–water partition coefficient (Wildman–Crippen LogP) is 2.22. The molecule has 2 aliphatic rings. The van der Waals surface area contributed by atoms with Gasteiger partial charge in [0.25, 0.3) is 0 Å². The first kappa shape index (κ1) is 16.5. The molecule has 0 saturated carbocycles. The van der Waals surface area contributed by atoms with Crippen molar-refractivity contribution in [1.29, 1.82) is 0 Å². The number of nitrogens with one attached hydrogen (secondary N) is 1. The second-order valence-corrected chi connectivity index (χ2v) is 6.49. The van der Waals surface area contributed by atoms with Crippen molar-refractivity contribution in [2.75, 3.05) is 39.8 Å². The number of nitrogens with zero attached hydrogens (tertiary/aromatic N) is 2. The maximum Gasteiger partial charge on any atom is 0.240 e. The molecule has 21 heavy (non-hydrogen) atoms. The van der Waals surface area contributed by atoms with Crippen LogP contribution in [0.1, 0.15) is 45.4 Å². The summed E-state index contributed by atoms with van der Waals surface area (Å²) in [4.78, 5) is 16.7. The first-order valence-electron chi connectivity index (χ1n) is 8.59. The largest absolute Gasteiger partial charge is 0.318 e. The van der Waals surface area contributed by atoms with Crippen LogP contribution in [0.4, 0.5) is 0 Å². The van der Waals surface area contributed by atoms with Gasteiger partial charge < -0.3 is 10.2 Å². The van der Waals surface area contributed by atoms with Crippen LogP contribution in [0.15, 0.2) is 11.8 Å². The lowest BCUT2D eigenvalue weighted by molar-refractivity contribution is -0.129. The van der Waals surface area contributed by atoms with Gasteiger partial charge >= 0.3 is 0 Å². The normalized spacial score (nSPS) is 22.4. The van der Waals surface area contributed by atoms with Crippen LogP contribution in [0.25, 0.3) is 0 Å². The van der Waals surface area contributed by atoms with E-state index in [2.05, 4.69) is 23.2 Å². The third-order valence-corrected chi connectivity index (χ3v) is 4.64. The van der Waals surface area contributed by atoms with Crippen molar-refractivity contribution in [3.8, 4) is 0 Å². The minimum atomic E-state index is 0.250. The third-order valence-electron chi connectivity index (χ3n) is 4.64. The van der Waals surface area contributed by atoms with E-state index in [4.69, 9.17) is 0 Å². The zero-order valence-electron chi connectivity index (χ0n) is 13.7. The number of likely N-dealkylation sites (N-methyl/N-ethyl adjacent to an activating group) is 1. The molecule has 0 aromatic carbocycles. The average Bonchev–Trinajstić information content (AvgIpc) is 3.02. The summed E-state index contributed by atoms with van der Waals surface area (Å²) in [7, 11) is 1.94. The third kappa shape index (κ3) is 5.11. The molecular weight excluding hydrogens is 262 g/mol. The van der Waals surface area contributed by atoms with Gasteiger partial charge in [-0.2, -0.15) is 0 Å². The Hall–Kier alpha value is -0.870. The van der Waals surface area contributed by atoms with Crippen LogP contribution in [0.3, 0.4) is 0 Å². The van der Waals surface area contributed by atoms with Gasteiger partial charge in [0.2, 0.25) is 5.91 Å². The van der Waals surface area contributed by atoms with E-state index in [0.29, 0.717) is 12.5 Å². The molecule has 1 heterocycles. The summed E-state index contributed by atoms with van der Waals surface area (Å²) in [5, 5.41) is 3.47. The van der Waals surface area contributed by atoms with Crippen molar-refractivity contribution in [3.63, 3.8) is 0 Å². The standard InChI is InChI=1S/C17H31N3O/c1-3-11-20(13-15-7-6-10-18-12-15)14-17(21)19(2)16-8-4-5-9-16/h8,15,18H,3-7,9-14H2,1-2H3. The van der Waals surface area contributed by atoms with Crippen LogP contribution in [-0.2, 0) is 4.79 Å². The van der Waals surface area contributed by atoms with E-state index < -0.39 is 0 Å². The van der Waals surface area contributed by atoms with Gasteiger partial charge in [-0.15, -0.1) is 0 Å². The number of hydrogen-bond acceptors (Lipinski definition) is 3. The van der Waals surface area contributed by atoms with Crippen LogP contribution in [0.2, 0.25) is 0 Å². The SMILES string of the molecule is CCCN(CC(=O)N(C)C1=CCCC1)CC1CCCNC1. The van der Waals surface area contributed by atoms with Gasteiger partial charge in [-0.1, -0.05) is 13.0 Å². The number of allylic oxidation sites excluding steroid dienone is 2. The van der Waals surface area contributed by atoms with E-state index >= 15 is 0 Å². The van der Waals surface area contributed by atoms with Crippen LogP contribution in [-0.4, -0.2) is 55.5 Å². The molecule has 0 radical (unpaired) electrons. The molecule has 4 nitrogen and oxygen atoms in total. The number of carbonyl (C=O) groups excluding carboxylic acids is 1. The molecule has 0 bridgehead atoms. The molecule has 1 atom stereocenters. The Kier molecular flexibility index (Phi) is 6.71. The van der Waals surface area contributed by atoms with Gasteiger partial charge in [0.05, 0.1) is 6.54 Å². The molecule has 1 aliphatic carbocycles. The van der Waals surface area contributed by atoms with Crippen molar-refractivity contribution in [2.45, 2.75) is 45.4 Å². The Morgan fingerprint density at radius 1 is 1.43 bits per heavy atom. The molecule has 0 spiro atoms. The molecule has 120 valence electrons. The van der Waals surface area contributed by atoms with E-state index in [9.17, 15) is 4.79 Å². The van der Waals surface area contributed by atoms with Crippen LogP contribution in [0, 0.1) is 5.92 Å². The summed E-state index contributed by atoms with van der Waals surface area (Å²) < 4.78 is 0. The zero-order chi connectivity index (χ0) is 15.1. The average molecular weight is 293 g/mol. The topological polar surface area (TPSA) is 35.6 Å². The number of amides is 1. The summed E-state index contributed by atoms with van der Waals surface area (Å²) in [6.07, 6.45) is 9.27. The van der Waals surface area contributed by atoms with Crippen LogP contribution < -0.4 is 5.32 Å². The fourth-order valence-corrected chi connectivity index (χ4v) is 3.41. The summed E-state index contributed by atoms with van der Waals surface area (Å²) in [5.74, 6) is 0.953. The van der Waals surface area contributed by atoms with Crippen molar-refractivity contribution in [3.05, 3.63) is 11.8 Å². The van der Waals surface area contributed by atoms with Gasteiger partial charge in [0.1, 0.15) is 0 Å². The first-order valence-corrected chi connectivity index (χ1v) is 8.59. The highest BCUT2D eigenvalue weighted by Gasteiger charge is 2.21. The van der Waals surface area contributed by atoms with Gasteiger partial charge in [0.15, 0.2) is 0 Å². The summed E-state index contributed by atoms with van der Waals surface area (Å²) in [6.45, 7) is 7.10. The van der Waals surface area contributed by atoms with Gasteiger partial charge in [0, 0.05) is 19.3 Å². The Bertz CT molecular complexity index is 361. The zero-order valence-corrected chi connectivity index (χ0v) is 13.7. The lowest BCUT2D eigenvalue weighted by Gasteiger charge is -2.31. The fourth-order valence-electron chi connectivity index (χ4n) is 3.41. The number of carbonyl (C=O) groups is 1. The lowest BCUT2D eigenvalue weighted by Crippen LogP contribution is -2.43. The molecule has 2 rings (SSSR count). The minimum absolute atomic E-state index is 0.250. The Morgan fingerprint density at radius 2 is 2.29 bits per heavy atom. The molecule has 4 heteroatoms. The van der Waals surface area contributed by atoms with Crippen molar-refractivity contribution in [2.24, 2.45) is 5.92 Å². The monoisotopic (exact) mass is 293 g/mol. The van der Waals surface area contributed by atoms with Crippen LogP contribution in [0.5, 0.6) is 0 Å². The molecule has 1 saturated heterocycles. The number of hydrogen-bond donors (Lipinski definition) is 1. The highest BCUT2D eigenvalue weighted by Crippen LogP contribution is 2.20. The molecule has 1 fully saturated rings. The van der Waals surface area contributed by atoms with E-state index in [0.717, 1.165) is 45.4 Å². The molecular formula is C17H31N3O. The fraction of sp³-hybridized carbons (Fsp3) is 0.824. The van der Waals surface area contributed by atoms with Crippen LogP contribution >= 0.6 is 0 Å². The number of rotatable bonds is 7. The Labute approximate surface area is 129 Å². The van der Waals surface area contributed by atoms with E-state index in [1.165, 1.54) is 25.0 Å². The Balaban J connectivity index is 1.84. The minimum Gasteiger partial charge on any atom is -0.318 e. The van der Waals surface area contributed by atoms with Gasteiger partial charge in [-0.25, -0.2) is 0 Å². The highest BCUT2D eigenvalue weighted by molar-refractivity contribution is 5.79. The smallest absolute Gasteiger partial charge is 0.240 e. The van der Waals surface area contributed by atoms with Crippen molar-refractivity contribution in [1.82, 2.24) is 15.1 Å². The molecule has 1 aliphatic heterocycles. The maximum atomic E-state index is 12.5. The molecule has 1 unspecified atom stereocenters. The van der Waals surface area contributed by atoms with Crippen molar-refractivity contribution >= 4 is 5.91 Å². The van der Waals surface area contributed by atoms with E-state index in [1.807, 2.05) is 11.9 Å². The Morgan fingerprint density at radius 3 is 2.90 bits per heavy atom. The molecule has 0 aromatic heterocycles. The molecule has 1 N–H and O–H groups in total. The first-order chi connectivity index (χ1) is 10.2.